The fraction of sp³-hybridized carbons (Fsp3) is 0.303. The molecular weight excluding hydrogens is 683 g/mol. The SMILES string of the molecule is COCCC(=O)N1CCC(c2ccc(OC)c(C(=O)Nc3c(C(=O)Nc4ccc(F)c(C(F)(F)F)c4)sc4cc(C(F)(F)F)ccc34)c2)C1. The number of carbonyl (C=O) groups excluding carboxylic acids is 3. The number of hydrogen-bond acceptors (Lipinski definition) is 6. The van der Waals surface area contributed by atoms with Crippen LogP contribution < -0.4 is 15.4 Å². The van der Waals surface area contributed by atoms with Crippen molar-refractivity contribution in [3.05, 3.63) is 87.5 Å². The zero-order valence-electron chi connectivity index (χ0n) is 25.9. The van der Waals surface area contributed by atoms with Crippen molar-refractivity contribution in [3.63, 3.8) is 0 Å². The number of amides is 3. The van der Waals surface area contributed by atoms with Gasteiger partial charge in [-0.15, -0.1) is 11.3 Å². The molecule has 2 heterocycles. The van der Waals surface area contributed by atoms with Gasteiger partial charge in [0.25, 0.3) is 11.8 Å². The van der Waals surface area contributed by atoms with E-state index in [1.165, 1.54) is 14.2 Å². The Morgan fingerprint density at radius 1 is 0.918 bits per heavy atom. The highest BCUT2D eigenvalue weighted by Crippen LogP contribution is 2.41. The van der Waals surface area contributed by atoms with E-state index < -0.39 is 46.8 Å². The number of likely N-dealkylation sites (tertiary alicyclic amines) is 1. The molecule has 1 atom stereocenters. The lowest BCUT2D eigenvalue weighted by Gasteiger charge is -2.18. The van der Waals surface area contributed by atoms with Gasteiger partial charge in [-0.05, 0) is 54.4 Å². The van der Waals surface area contributed by atoms with Gasteiger partial charge >= 0.3 is 12.4 Å². The maximum atomic E-state index is 13.9. The topological polar surface area (TPSA) is 97.0 Å². The third kappa shape index (κ3) is 7.80. The van der Waals surface area contributed by atoms with E-state index >= 15 is 0 Å². The van der Waals surface area contributed by atoms with Gasteiger partial charge in [0.2, 0.25) is 5.91 Å². The zero-order chi connectivity index (χ0) is 35.7. The minimum absolute atomic E-state index is 0.0233. The first-order chi connectivity index (χ1) is 23.1. The number of carbonyl (C=O) groups is 3. The average molecular weight is 712 g/mol. The average Bonchev–Trinajstić information content (AvgIpc) is 3.69. The van der Waals surface area contributed by atoms with Crippen molar-refractivity contribution in [1.29, 1.82) is 0 Å². The minimum Gasteiger partial charge on any atom is -0.496 e. The van der Waals surface area contributed by atoms with E-state index in [0.29, 0.717) is 48.5 Å². The third-order valence-corrected chi connectivity index (χ3v) is 9.14. The second-order valence-corrected chi connectivity index (χ2v) is 12.2. The summed E-state index contributed by atoms with van der Waals surface area (Å²) in [7, 11) is 2.82. The number of anilines is 2. The van der Waals surface area contributed by atoms with Crippen LogP contribution in [0, 0.1) is 5.82 Å². The number of benzene rings is 3. The summed E-state index contributed by atoms with van der Waals surface area (Å²) < 4.78 is 105. The van der Waals surface area contributed by atoms with Crippen LogP contribution in [-0.4, -0.2) is 56.5 Å². The second kappa shape index (κ2) is 14.0. The van der Waals surface area contributed by atoms with Crippen LogP contribution in [0.1, 0.15) is 55.5 Å². The van der Waals surface area contributed by atoms with Crippen LogP contribution in [0.15, 0.2) is 54.6 Å². The maximum absolute atomic E-state index is 13.9. The number of fused-ring (bicyclic) bond motifs is 1. The summed E-state index contributed by atoms with van der Waals surface area (Å²) in [5.74, 6) is -3.48. The van der Waals surface area contributed by atoms with Gasteiger partial charge in [-0.25, -0.2) is 4.39 Å². The predicted octanol–water partition coefficient (Wildman–Crippen LogP) is 7.94. The van der Waals surface area contributed by atoms with E-state index in [0.717, 1.165) is 24.3 Å². The molecule has 5 rings (SSSR count). The van der Waals surface area contributed by atoms with Gasteiger partial charge in [-0.3, -0.25) is 14.4 Å². The van der Waals surface area contributed by atoms with Crippen molar-refractivity contribution < 1.29 is 54.6 Å². The monoisotopic (exact) mass is 711 g/mol. The molecule has 16 heteroatoms. The number of nitrogens with one attached hydrogen (secondary N) is 2. The molecule has 1 fully saturated rings. The van der Waals surface area contributed by atoms with E-state index in [2.05, 4.69) is 10.6 Å². The number of halogens is 7. The Balaban J connectivity index is 1.49. The number of rotatable bonds is 9. The van der Waals surface area contributed by atoms with Crippen molar-refractivity contribution >= 4 is 50.5 Å². The summed E-state index contributed by atoms with van der Waals surface area (Å²) in [6, 6.07) is 9.28. The molecule has 1 aliphatic rings. The molecule has 3 amide bonds. The molecule has 0 bridgehead atoms. The van der Waals surface area contributed by atoms with Crippen LogP contribution in [0.4, 0.5) is 42.1 Å². The normalized spacial score (nSPS) is 15.0. The summed E-state index contributed by atoms with van der Waals surface area (Å²) >= 11 is 0.573. The first kappa shape index (κ1) is 35.6. The Labute approximate surface area is 278 Å². The van der Waals surface area contributed by atoms with E-state index in [1.807, 2.05) is 0 Å². The van der Waals surface area contributed by atoms with E-state index in [4.69, 9.17) is 9.47 Å². The standard InChI is InChI=1S/C33H28F7N3O5S/c1-47-12-10-27(44)43-11-9-18(16-43)17-3-8-25(48-2)22(13-17)30(45)42-28-21-6-4-19(32(35,36)37)14-26(21)49-29(28)31(46)41-20-5-7-24(34)23(15-20)33(38,39)40/h3-8,13-15,18H,9-12,16H2,1-2H3,(H,41,46)(H,42,45). The van der Waals surface area contributed by atoms with Crippen molar-refractivity contribution in [2.24, 2.45) is 0 Å². The molecule has 0 aliphatic carbocycles. The molecule has 1 unspecified atom stereocenters. The van der Waals surface area contributed by atoms with E-state index in [1.54, 1.807) is 23.1 Å². The summed E-state index contributed by atoms with van der Waals surface area (Å²) in [5, 5.41) is 4.87. The summed E-state index contributed by atoms with van der Waals surface area (Å²) in [6.45, 7) is 1.18. The molecule has 1 aromatic heterocycles. The highest BCUT2D eigenvalue weighted by molar-refractivity contribution is 7.21. The molecule has 1 saturated heterocycles. The Morgan fingerprint density at radius 3 is 2.35 bits per heavy atom. The Hall–Kier alpha value is -4.70. The lowest BCUT2D eigenvalue weighted by molar-refractivity contribution is -0.140. The molecule has 0 radical (unpaired) electrons. The number of hydrogen-bond donors (Lipinski definition) is 2. The van der Waals surface area contributed by atoms with E-state index in [-0.39, 0.29) is 56.8 Å². The van der Waals surface area contributed by atoms with Crippen molar-refractivity contribution in [2.75, 3.05) is 44.5 Å². The van der Waals surface area contributed by atoms with Crippen LogP contribution in [0.3, 0.4) is 0 Å². The molecule has 4 aromatic rings. The molecule has 49 heavy (non-hydrogen) atoms. The molecular formula is C33H28F7N3O5S. The Bertz CT molecular complexity index is 1910. The lowest BCUT2D eigenvalue weighted by Crippen LogP contribution is -2.29. The van der Waals surface area contributed by atoms with Gasteiger partial charge in [0.1, 0.15) is 16.4 Å². The van der Waals surface area contributed by atoms with Crippen LogP contribution in [-0.2, 0) is 21.9 Å². The van der Waals surface area contributed by atoms with Crippen molar-refractivity contribution in [1.82, 2.24) is 4.90 Å². The van der Waals surface area contributed by atoms with Gasteiger partial charge in [0.15, 0.2) is 0 Å². The van der Waals surface area contributed by atoms with Crippen molar-refractivity contribution in [3.8, 4) is 5.75 Å². The van der Waals surface area contributed by atoms with Gasteiger partial charge < -0.3 is 25.0 Å². The van der Waals surface area contributed by atoms with Crippen LogP contribution in [0.5, 0.6) is 5.75 Å². The third-order valence-electron chi connectivity index (χ3n) is 7.99. The molecule has 260 valence electrons. The first-order valence-electron chi connectivity index (χ1n) is 14.7. The quantitative estimate of drug-likeness (QED) is 0.172. The molecule has 8 nitrogen and oxygen atoms in total. The summed E-state index contributed by atoms with van der Waals surface area (Å²) in [4.78, 5) is 41.1. The fourth-order valence-corrected chi connectivity index (χ4v) is 6.60. The van der Waals surface area contributed by atoms with Crippen molar-refractivity contribution in [2.45, 2.75) is 31.1 Å². The van der Waals surface area contributed by atoms with Crippen LogP contribution >= 0.6 is 11.3 Å². The van der Waals surface area contributed by atoms with Gasteiger partial charge in [0.05, 0.1) is 42.5 Å². The highest BCUT2D eigenvalue weighted by atomic mass is 32.1. The Kier molecular flexibility index (Phi) is 10.2. The Morgan fingerprint density at radius 2 is 1.67 bits per heavy atom. The van der Waals surface area contributed by atoms with Gasteiger partial charge in [-0.2, -0.15) is 26.3 Å². The number of methoxy groups -OCH3 is 2. The lowest BCUT2D eigenvalue weighted by atomic mass is 9.96. The molecule has 1 aliphatic heterocycles. The zero-order valence-corrected chi connectivity index (χ0v) is 26.7. The predicted molar refractivity (Wildman–Crippen MR) is 168 cm³/mol. The van der Waals surface area contributed by atoms with E-state index in [9.17, 15) is 45.1 Å². The summed E-state index contributed by atoms with van der Waals surface area (Å²) in [6.07, 6.45) is -8.96. The second-order valence-electron chi connectivity index (χ2n) is 11.1. The molecule has 0 spiro atoms. The smallest absolute Gasteiger partial charge is 0.419 e. The largest absolute Gasteiger partial charge is 0.496 e. The first-order valence-corrected chi connectivity index (χ1v) is 15.5. The van der Waals surface area contributed by atoms with Crippen LogP contribution in [0.25, 0.3) is 10.1 Å². The number of ether oxygens (including phenoxy) is 2. The maximum Gasteiger partial charge on any atom is 0.419 e. The van der Waals surface area contributed by atoms with Crippen LogP contribution in [0.2, 0.25) is 0 Å². The number of alkyl halides is 6. The fourth-order valence-electron chi connectivity index (χ4n) is 5.51. The molecule has 0 saturated carbocycles. The number of thiophene rings is 1. The minimum atomic E-state index is -5.07. The molecule has 2 N–H and O–H groups in total. The molecule has 3 aromatic carbocycles. The van der Waals surface area contributed by atoms with Gasteiger partial charge in [0, 0.05) is 41.9 Å². The highest BCUT2D eigenvalue weighted by Gasteiger charge is 2.35. The summed E-state index contributed by atoms with van der Waals surface area (Å²) in [5.41, 5.74) is -2.56. The van der Waals surface area contributed by atoms with Gasteiger partial charge in [-0.1, -0.05) is 12.1 Å². The number of nitrogens with zero attached hydrogens (tertiary/aromatic N) is 1.